The molecule has 0 saturated heterocycles. The molecule has 1 heterocycles. The Balaban J connectivity index is 2.25. The average Bonchev–Trinajstić information content (AvgIpc) is 2.79. The lowest BCUT2D eigenvalue weighted by Gasteiger charge is -2.06. The Kier molecular flexibility index (Phi) is 3.54. The Morgan fingerprint density at radius 2 is 2.33 bits per heavy atom. The molecule has 18 heavy (non-hydrogen) atoms. The fourth-order valence-electron chi connectivity index (χ4n) is 1.87. The van der Waals surface area contributed by atoms with Gasteiger partial charge >= 0.3 is 0 Å². The Morgan fingerprint density at radius 1 is 1.50 bits per heavy atom. The number of benzene rings is 1. The third-order valence-corrected chi connectivity index (χ3v) is 2.70. The van der Waals surface area contributed by atoms with E-state index >= 15 is 0 Å². The fraction of sp³-hybridized carbons (Fsp3) is 0.214. The van der Waals surface area contributed by atoms with Gasteiger partial charge in [-0.2, -0.15) is 0 Å². The molecule has 1 amide bonds. The largest absolute Gasteiger partial charge is 0.496 e. The second-order valence-electron chi connectivity index (χ2n) is 3.82. The first-order chi connectivity index (χ1) is 8.76. The number of rotatable bonds is 4. The van der Waals surface area contributed by atoms with E-state index in [1.807, 2.05) is 35.0 Å². The van der Waals surface area contributed by atoms with Gasteiger partial charge in [0.15, 0.2) is 0 Å². The van der Waals surface area contributed by atoms with Gasteiger partial charge in [-0.15, -0.1) is 6.42 Å². The molecule has 1 aromatic carbocycles. The number of ether oxygens (including phenoxy) is 1. The van der Waals surface area contributed by atoms with Crippen LogP contribution in [-0.2, 0) is 11.3 Å². The number of hydrogen-bond acceptors (Lipinski definition) is 2. The number of amides is 1. The van der Waals surface area contributed by atoms with Gasteiger partial charge in [0, 0.05) is 11.6 Å². The normalized spacial score (nSPS) is 10.0. The lowest BCUT2D eigenvalue weighted by Crippen LogP contribution is -2.27. The molecule has 0 spiro atoms. The topological polar surface area (TPSA) is 43.3 Å². The van der Waals surface area contributed by atoms with Gasteiger partial charge in [-0.3, -0.25) is 4.79 Å². The molecule has 4 nitrogen and oxygen atoms in total. The SMILES string of the molecule is C#CCNC(=O)Cn1ccc2c(OC)cccc21. The molecule has 0 saturated carbocycles. The zero-order valence-corrected chi connectivity index (χ0v) is 10.1. The van der Waals surface area contributed by atoms with Gasteiger partial charge in [0.05, 0.1) is 19.2 Å². The summed E-state index contributed by atoms with van der Waals surface area (Å²) < 4.78 is 7.14. The summed E-state index contributed by atoms with van der Waals surface area (Å²) >= 11 is 0. The minimum absolute atomic E-state index is 0.103. The zero-order valence-electron chi connectivity index (χ0n) is 10.1. The van der Waals surface area contributed by atoms with Crippen molar-refractivity contribution in [3.05, 3.63) is 30.5 Å². The summed E-state index contributed by atoms with van der Waals surface area (Å²) in [5.41, 5.74) is 0.963. The molecule has 0 unspecified atom stereocenters. The molecule has 1 N–H and O–H groups in total. The first-order valence-electron chi connectivity index (χ1n) is 5.58. The maximum Gasteiger partial charge on any atom is 0.240 e. The third kappa shape index (κ3) is 2.30. The number of nitrogens with zero attached hydrogens (tertiary/aromatic N) is 1. The molecule has 0 atom stereocenters. The van der Waals surface area contributed by atoms with Gasteiger partial charge in [0.1, 0.15) is 12.3 Å². The second-order valence-corrected chi connectivity index (χ2v) is 3.82. The molecule has 0 radical (unpaired) electrons. The van der Waals surface area contributed by atoms with Crippen molar-refractivity contribution in [2.24, 2.45) is 0 Å². The van der Waals surface area contributed by atoms with E-state index < -0.39 is 0 Å². The summed E-state index contributed by atoms with van der Waals surface area (Å²) in [7, 11) is 1.63. The van der Waals surface area contributed by atoms with Crippen molar-refractivity contribution in [1.82, 2.24) is 9.88 Å². The van der Waals surface area contributed by atoms with Crippen molar-refractivity contribution in [1.29, 1.82) is 0 Å². The Labute approximate surface area is 106 Å². The number of aromatic nitrogens is 1. The Bertz CT molecular complexity index is 608. The summed E-state index contributed by atoms with van der Waals surface area (Å²) in [6.07, 6.45) is 6.95. The highest BCUT2D eigenvalue weighted by atomic mass is 16.5. The molecule has 0 fully saturated rings. The molecule has 2 rings (SSSR count). The number of hydrogen-bond donors (Lipinski definition) is 1. The standard InChI is InChI=1S/C14H14N2O2/c1-3-8-15-14(17)10-16-9-7-11-12(16)5-4-6-13(11)18-2/h1,4-7,9H,8,10H2,2H3,(H,15,17). The van der Waals surface area contributed by atoms with Crippen molar-refractivity contribution in [3.63, 3.8) is 0 Å². The van der Waals surface area contributed by atoms with Crippen molar-refractivity contribution in [2.75, 3.05) is 13.7 Å². The molecule has 2 aromatic rings. The summed E-state index contributed by atoms with van der Waals surface area (Å²) in [4.78, 5) is 11.6. The maximum atomic E-state index is 11.6. The van der Waals surface area contributed by atoms with Crippen LogP contribution in [0.4, 0.5) is 0 Å². The van der Waals surface area contributed by atoms with Gasteiger partial charge < -0.3 is 14.6 Å². The van der Waals surface area contributed by atoms with Gasteiger partial charge in [0.25, 0.3) is 0 Å². The van der Waals surface area contributed by atoms with Crippen molar-refractivity contribution in [2.45, 2.75) is 6.54 Å². The van der Waals surface area contributed by atoms with Crippen molar-refractivity contribution >= 4 is 16.8 Å². The third-order valence-electron chi connectivity index (χ3n) is 2.70. The molecule has 4 heteroatoms. The van der Waals surface area contributed by atoms with Crippen LogP contribution in [0, 0.1) is 12.3 Å². The van der Waals surface area contributed by atoms with Gasteiger partial charge in [-0.05, 0) is 18.2 Å². The van der Waals surface area contributed by atoms with Crippen LogP contribution < -0.4 is 10.1 Å². The lowest BCUT2D eigenvalue weighted by atomic mass is 10.2. The van der Waals surface area contributed by atoms with Crippen LogP contribution in [-0.4, -0.2) is 24.1 Å². The molecule has 0 aliphatic heterocycles. The smallest absolute Gasteiger partial charge is 0.240 e. The van der Waals surface area contributed by atoms with E-state index in [0.29, 0.717) is 0 Å². The summed E-state index contributed by atoms with van der Waals surface area (Å²) in [6.45, 7) is 0.500. The van der Waals surface area contributed by atoms with E-state index in [0.717, 1.165) is 16.7 Å². The first kappa shape index (κ1) is 12.1. The highest BCUT2D eigenvalue weighted by molar-refractivity contribution is 5.88. The predicted octanol–water partition coefficient (Wildman–Crippen LogP) is 1.40. The summed E-state index contributed by atoms with van der Waals surface area (Å²) in [5, 5.41) is 3.63. The lowest BCUT2D eigenvalue weighted by molar-refractivity contribution is -0.121. The monoisotopic (exact) mass is 242 g/mol. The molecule has 92 valence electrons. The van der Waals surface area contributed by atoms with Crippen LogP contribution in [0.25, 0.3) is 10.9 Å². The first-order valence-corrected chi connectivity index (χ1v) is 5.58. The fourth-order valence-corrected chi connectivity index (χ4v) is 1.87. The Hall–Kier alpha value is -2.41. The van der Waals surface area contributed by atoms with E-state index in [9.17, 15) is 4.79 Å². The van der Waals surface area contributed by atoms with E-state index in [4.69, 9.17) is 11.2 Å². The van der Waals surface area contributed by atoms with Crippen LogP contribution in [0.15, 0.2) is 30.5 Å². The molecule has 1 aromatic heterocycles. The van der Waals surface area contributed by atoms with Gasteiger partial charge in [-0.25, -0.2) is 0 Å². The molecule has 0 aliphatic rings. The van der Waals surface area contributed by atoms with Crippen molar-refractivity contribution < 1.29 is 9.53 Å². The van der Waals surface area contributed by atoms with Crippen LogP contribution in [0.1, 0.15) is 0 Å². The van der Waals surface area contributed by atoms with E-state index in [1.54, 1.807) is 7.11 Å². The summed E-state index contributed by atoms with van der Waals surface area (Å²) in [6, 6.07) is 7.68. The molecule has 0 aliphatic carbocycles. The number of carbonyl (C=O) groups is 1. The number of carbonyl (C=O) groups excluding carboxylic acids is 1. The second kappa shape index (κ2) is 5.28. The number of terminal acetylenes is 1. The van der Waals surface area contributed by atoms with E-state index in [-0.39, 0.29) is 19.0 Å². The summed E-state index contributed by atoms with van der Waals surface area (Å²) in [5.74, 6) is 3.07. The molecule has 0 bridgehead atoms. The quantitative estimate of drug-likeness (QED) is 0.823. The van der Waals surface area contributed by atoms with Crippen LogP contribution in [0.2, 0.25) is 0 Å². The van der Waals surface area contributed by atoms with Crippen molar-refractivity contribution in [3.8, 4) is 18.1 Å². The van der Waals surface area contributed by atoms with Gasteiger partial charge in [0.2, 0.25) is 5.91 Å². The zero-order chi connectivity index (χ0) is 13.0. The number of fused-ring (bicyclic) bond motifs is 1. The maximum absolute atomic E-state index is 11.6. The molecular formula is C14H14N2O2. The average molecular weight is 242 g/mol. The van der Waals surface area contributed by atoms with Crippen LogP contribution in [0.3, 0.4) is 0 Å². The molecular weight excluding hydrogens is 228 g/mol. The number of nitrogens with one attached hydrogen (secondary N) is 1. The highest BCUT2D eigenvalue weighted by Crippen LogP contribution is 2.25. The Morgan fingerprint density at radius 3 is 3.06 bits per heavy atom. The highest BCUT2D eigenvalue weighted by Gasteiger charge is 2.08. The van der Waals surface area contributed by atoms with Gasteiger partial charge in [-0.1, -0.05) is 12.0 Å². The van der Waals surface area contributed by atoms with Crippen LogP contribution >= 0.6 is 0 Å². The minimum Gasteiger partial charge on any atom is -0.496 e. The predicted molar refractivity (Wildman–Crippen MR) is 70.3 cm³/mol. The van der Waals surface area contributed by atoms with Crippen LogP contribution in [0.5, 0.6) is 5.75 Å². The number of methoxy groups -OCH3 is 1. The minimum atomic E-state index is -0.103. The van der Waals surface area contributed by atoms with E-state index in [1.165, 1.54) is 0 Å². The van der Waals surface area contributed by atoms with E-state index in [2.05, 4.69) is 11.2 Å².